The highest BCUT2D eigenvalue weighted by Crippen LogP contribution is 2.25. The van der Waals surface area contributed by atoms with Crippen molar-refractivity contribution in [2.24, 2.45) is 0 Å². The Morgan fingerprint density at radius 2 is 0.727 bits per heavy atom. The molecular weight excluding hydrogens is 813 g/mol. The molecule has 5 heteroatoms. The predicted octanol–water partition coefficient (Wildman–Crippen LogP) is 18.6. The van der Waals surface area contributed by atoms with Crippen molar-refractivity contribution in [3.8, 4) is 11.5 Å². The van der Waals surface area contributed by atoms with E-state index in [4.69, 9.17) is 18.9 Å². The molecule has 0 amide bonds. The Labute approximate surface area is 407 Å². The summed E-state index contributed by atoms with van der Waals surface area (Å²) in [5.41, 5.74) is 3.33. The molecule has 1 N–H and O–H groups in total. The van der Waals surface area contributed by atoms with E-state index in [1.807, 2.05) is 18.2 Å². The van der Waals surface area contributed by atoms with Crippen molar-refractivity contribution in [3.05, 3.63) is 71.3 Å². The molecule has 0 aliphatic rings. The highest BCUT2D eigenvalue weighted by Gasteiger charge is 2.07. The number of aryl methyl sites for hydroxylation is 1. The number of fused-ring (bicyclic) bond motifs is 1. The van der Waals surface area contributed by atoms with Crippen LogP contribution >= 0.6 is 0 Å². The molecule has 0 aliphatic heterocycles. The Morgan fingerprint density at radius 3 is 1.21 bits per heavy atom. The molecule has 376 valence electrons. The molecule has 0 spiro atoms. The van der Waals surface area contributed by atoms with Gasteiger partial charge in [-0.15, -0.1) is 0 Å². The summed E-state index contributed by atoms with van der Waals surface area (Å²) in [5.74, 6) is 1.76. The fraction of sp³-hybridized carbons (Fsp3) is 0.738. The lowest BCUT2D eigenvalue weighted by atomic mass is 10.0. The maximum Gasteiger partial charge on any atom is 0.120 e. The van der Waals surface area contributed by atoms with E-state index in [-0.39, 0.29) is 6.61 Å². The number of rotatable bonds is 48. The Hall–Kier alpha value is -2.60. The molecule has 3 aromatic rings. The van der Waals surface area contributed by atoms with Gasteiger partial charge < -0.3 is 24.1 Å². The van der Waals surface area contributed by atoms with E-state index < -0.39 is 0 Å². The van der Waals surface area contributed by atoms with Crippen molar-refractivity contribution in [1.29, 1.82) is 0 Å². The third kappa shape index (κ3) is 31.4. The zero-order valence-corrected chi connectivity index (χ0v) is 43.2. The van der Waals surface area contributed by atoms with Crippen molar-refractivity contribution in [3.63, 3.8) is 0 Å². The van der Waals surface area contributed by atoms with E-state index in [9.17, 15) is 5.11 Å². The molecular formula is C61H102O5. The van der Waals surface area contributed by atoms with Crippen molar-refractivity contribution in [2.75, 3.05) is 33.0 Å². The first-order valence-electron chi connectivity index (χ1n) is 28.4. The third-order valence-corrected chi connectivity index (χ3v) is 13.5. The largest absolute Gasteiger partial charge is 0.493 e. The molecule has 0 heterocycles. The summed E-state index contributed by atoms with van der Waals surface area (Å²) in [6, 6.07) is 18.9. The topological polar surface area (TPSA) is 57.2 Å². The fourth-order valence-electron chi connectivity index (χ4n) is 9.26. The predicted molar refractivity (Wildman–Crippen MR) is 284 cm³/mol. The molecule has 0 radical (unpaired) electrons. The van der Waals surface area contributed by atoms with Crippen LogP contribution in [0, 0.1) is 0 Å². The van der Waals surface area contributed by atoms with Gasteiger partial charge in [-0.1, -0.05) is 231 Å². The second-order valence-corrected chi connectivity index (χ2v) is 19.8. The van der Waals surface area contributed by atoms with Gasteiger partial charge in [0.1, 0.15) is 18.1 Å². The minimum absolute atomic E-state index is 0.0498. The summed E-state index contributed by atoms with van der Waals surface area (Å²) in [6.07, 6.45) is 48.7. The first kappa shape index (κ1) is 57.7. The van der Waals surface area contributed by atoms with Crippen molar-refractivity contribution in [2.45, 2.75) is 258 Å². The monoisotopic (exact) mass is 915 g/mol. The van der Waals surface area contributed by atoms with Crippen molar-refractivity contribution < 1.29 is 24.1 Å². The Kier molecular flexibility index (Phi) is 37.2. The Morgan fingerprint density at radius 1 is 0.318 bits per heavy atom. The number of ether oxygens (including phenoxy) is 4. The number of hydrogen-bond donors (Lipinski definition) is 1. The first-order chi connectivity index (χ1) is 32.7. The molecule has 3 aromatic carbocycles. The van der Waals surface area contributed by atoms with Gasteiger partial charge in [-0.3, -0.25) is 0 Å². The van der Waals surface area contributed by atoms with E-state index in [0.717, 1.165) is 91.9 Å². The smallest absolute Gasteiger partial charge is 0.120 e. The Balaban J connectivity index is 1.25. The van der Waals surface area contributed by atoms with E-state index in [1.54, 1.807) is 0 Å². The van der Waals surface area contributed by atoms with Gasteiger partial charge in [-0.25, -0.2) is 0 Å². The number of aliphatic hydroxyl groups is 1. The van der Waals surface area contributed by atoms with Crippen molar-refractivity contribution in [1.82, 2.24) is 0 Å². The van der Waals surface area contributed by atoms with Crippen LogP contribution < -0.4 is 9.47 Å². The molecule has 3 rings (SSSR count). The van der Waals surface area contributed by atoms with Gasteiger partial charge in [-0.2, -0.15) is 0 Å². The van der Waals surface area contributed by atoms with Gasteiger partial charge in [0.15, 0.2) is 0 Å². The lowest BCUT2D eigenvalue weighted by molar-refractivity contribution is 0.115. The van der Waals surface area contributed by atoms with Gasteiger partial charge in [0.05, 0.1) is 13.2 Å². The summed E-state index contributed by atoms with van der Waals surface area (Å²) in [7, 11) is 0. The van der Waals surface area contributed by atoms with Crippen LogP contribution in [0.25, 0.3) is 10.8 Å². The van der Waals surface area contributed by atoms with Crippen LogP contribution in [-0.4, -0.2) is 38.1 Å². The average molecular weight is 915 g/mol. The number of hydrogen-bond acceptors (Lipinski definition) is 5. The SMILES string of the molecule is CCCCCCCCCCCCCCCCCCOCCCCc1cc(COc2ccc3cc(CO)ccc3c2)cc(OCCCOCCCCCCCCCCCCCCCCCC)c1. The molecule has 0 unspecified atom stereocenters. The number of aliphatic hydroxyl groups excluding tert-OH is 1. The van der Waals surface area contributed by atoms with Crippen molar-refractivity contribution >= 4 is 10.8 Å². The lowest BCUT2D eigenvalue weighted by Crippen LogP contribution is -2.05. The molecule has 0 saturated carbocycles. The van der Waals surface area contributed by atoms with E-state index in [1.165, 1.54) is 205 Å². The van der Waals surface area contributed by atoms with Crippen LogP contribution in [0.2, 0.25) is 0 Å². The highest BCUT2D eigenvalue weighted by molar-refractivity contribution is 5.84. The fourth-order valence-corrected chi connectivity index (χ4v) is 9.26. The maximum absolute atomic E-state index is 9.54. The molecule has 0 fully saturated rings. The zero-order valence-electron chi connectivity index (χ0n) is 43.2. The van der Waals surface area contributed by atoms with Crippen LogP contribution in [0.5, 0.6) is 11.5 Å². The zero-order chi connectivity index (χ0) is 46.6. The van der Waals surface area contributed by atoms with Gasteiger partial charge in [0, 0.05) is 32.8 Å². The van der Waals surface area contributed by atoms with Gasteiger partial charge in [0.25, 0.3) is 0 Å². The molecule has 66 heavy (non-hydrogen) atoms. The summed E-state index contributed by atoms with van der Waals surface area (Å²) >= 11 is 0. The first-order valence-corrected chi connectivity index (χ1v) is 28.4. The highest BCUT2D eigenvalue weighted by atomic mass is 16.5. The van der Waals surface area contributed by atoms with Crippen LogP contribution in [0.1, 0.15) is 255 Å². The van der Waals surface area contributed by atoms with Gasteiger partial charge >= 0.3 is 0 Å². The molecule has 5 nitrogen and oxygen atoms in total. The number of unbranched alkanes of at least 4 members (excludes halogenated alkanes) is 31. The average Bonchev–Trinajstić information content (AvgIpc) is 3.34. The van der Waals surface area contributed by atoms with Gasteiger partial charge in [0.2, 0.25) is 0 Å². The Bertz CT molecular complexity index is 1460. The van der Waals surface area contributed by atoms with Crippen LogP contribution in [0.3, 0.4) is 0 Å². The van der Waals surface area contributed by atoms with Crippen LogP contribution in [0.4, 0.5) is 0 Å². The quantitative estimate of drug-likeness (QED) is 0.0572. The summed E-state index contributed by atoms with van der Waals surface area (Å²) in [5, 5.41) is 11.8. The molecule has 0 saturated heterocycles. The summed E-state index contributed by atoms with van der Waals surface area (Å²) < 4.78 is 24.7. The van der Waals surface area contributed by atoms with E-state index in [0.29, 0.717) is 13.2 Å². The van der Waals surface area contributed by atoms with E-state index in [2.05, 4.69) is 50.2 Å². The molecule has 0 aliphatic carbocycles. The molecule has 0 aromatic heterocycles. The third-order valence-electron chi connectivity index (χ3n) is 13.5. The molecule has 0 bridgehead atoms. The maximum atomic E-state index is 9.54. The minimum atomic E-state index is 0.0498. The second-order valence-electron chi connectivity index (χ2n) is 19.8. The van der Waals surface area contributed by atoms with Crippen LogP contribution in [-0.2, 0) is 29.1 Å². The van der Waals surface area contributed by atoms with E-state index >= 15 is 0 Å². The normalized spacial score (nSPS) is 11.6. The van der Waals surface area contributed by atoms with Crippen LogP contribution in [0.15, 0.2) is 54.6 Å². The minimum Gasteiger partial charge on any atom is -0.493 e. The summed E-state index contributed by atoms with van der Waals surface area (Å²) in [4.78, 5) is 0. The summed E-state index contributed by atoms with van der Waals surface area (Å²) in [6.45, 7) is 9.11. The standard InChI is InChI=1S/C61H102O5/c1-3-5-7-9-11-13-15-17-19-21-23-25-27-29-31-34-43-63-45-36-33-38-55-48-57(54-66-60-42-41-58-49-56(53-62)39-40-59(58)52-60)51-61(50-55)65-47-37-46-64-44-35-32-30-28-26-24-22-20-18-16-14-12-10-8-6-4-2/h39-42,48-52,62H,3-38,43-47,53-54H2,1-2H3. The second kappa shape index (κ2) is 42.5. The van der Waals surface area contributed by atoms with Gasteiger partial charge in [-0.05, 0) is 89.9 Å². The molecule has 0 atom stereocenters. The number of benzene rings is 3. The lowest BCUT2D eigenvalue weighted by Gasteiger charge is -2.13.